The van der Waals surface area contributed by atoms with E-state index in [2.05, 4.69) is 10.6 Å². The summed E-state index contributed by atoms with van der Waals surface area (Å²) in [5.41, 5.74) is 0.760. The normalized spacial score (nSPS) is 20.2. The largest absolute Gasteiger partial charge is 0.350 e. The number of rotatable bonds is 4. The first-order chi connectivity index (χ1) is 8.31. The summed E-state index contributed by atoms with van der Waals surface area (Å²) >= 11 is 0. The average Bonchev–Trinajstić information content (AvgIpc) is 2.85. The molecule has 0 saturated carbocycles. The number of nitrogens with one attached hydrogen (secondary N) is 2. The number of aromatic nitrogens is 1. The molecule has 17 heavy (non-hydrogen) atoms. The molecular formula is C13H21N3O. The average molecular weight is 235 g/mol. The van der Waals surface area contributed by atoms with Crippen LogP contribution in [0.3, 0.4) is 0 Å². The lowest BCUT2D eigenvalue weighted by Crippen LogP contribution is -2.38. The minimum Gasteiger partial charge on any atom is -0.350 e. The van der Waals surface area contributed by atoms with Crippen molar-refractivity contribution >= 4 is 5.91 Å². The quantitative estimate of drug-likeness (QED) is 0.824. The molecule has 1 saturated heterocycles. The van der Waals surface area contributed by atoms with Crippen molar-refractivity contribution in [2.75, 3.05) is 19.6 Å². The third kappa shape index (κ3) is 3.09. The van der Waals surface area contributed by atoms with Crippen molar-refractivity contribution < 1.29 is 4.79 Å². The monoisotopic (exact) mass is 235 g/mol. The second-order valence-corrected chi connectivity index (χ2v) is 4.60. The Hall–Kier alpha value is -1.29. The first kappa shape index (κ1) is 12.2. The van der Waals surface area contributed by atoms with Crippen molar-refractivity contribution in [3.8, 4) is 0 Å². The summed E-state index contributed by atoms with van der Waals surface area (Å²) in [6.45, 7) is 5.79. The van der Waals surface area contributed by atoms with E-state index < -0.39 is 0 Å². The lowest BCUT2D eigenvalue weighted by molar-refractivity contribution is 0.0935. The topological polar surface area (TPSA) is 46.1 Å². The van der Waals surface area contributed by atoms with Crippen LogP contribution < -0.4 is 10.6 Å². The summed E-state index contributed by atoms with van der Waals surface area (Å²) < 4.78 is 1.97. The van der Waals surface area contributed by atoms with Gasteiger partial charge in [-0.2, -0.15) is 0 Å². The molecule has 1 atom stereocenters. The molecule has 2 heterocycles. The maximum absolute atomic E-state index is 12.0. The maximum atomic E-state index is 12.0. The lowest BCUT2D eigenvalue weighted by Gasteiger charge is -2.22. The van der Waals surface area contributed by atoms with Gasteiger partial charge in [0.25, 0.3) is 5.91 Å². The molecule has 1 aliphatic heterocycles. The van der Waals surface area contributed by atoms with Crippen LogP contribution in [0.1, 0.15) is 30.3 Å². The first-order valence-electron chi connectivity index (χ1n) is 6.45. The van der Waals surface area contributed by atoms with Gasteiger partial charge in [-0.1, -0.05) is 0 Å². The maximum Gasteiger partial charge on any atom is 0.267 e. The summed E-state index contributed by atoms with van der Waals surface area (Å²) in [6, 6.07) is 3.79. The number of piperidine rings is 1. The Morgan fingerprint density at radius 1 is 1.65 bits per heavy atom. The van der Waals surface area contributed by atoms with Crippen LogP contribution in [0.15, 0.2) is 18.3 Å². The van der Waals surface area contributed by atoms with Crippen molar-refractivity contribution in [3.63, 3.8) is 0 Å². The molecular weight excluding hydrogens is 214 g/mol. The van der Waals surface area contributed by atoms with Gasteiger partial charge < -0.3 is 15.2 Å². The predicted octanol–water partition coefficient (Wildman–Crippen LogP) is 1.24. The van der Waals surface area contributed by atoms with Crippen LogP contribution in [-0.4, -0.2) is 30.1 Å². The molecule has 0 aliphatic carbocycles. The zero-order valence-electron chi connectivity index (χ0n) is 10.4. The molecule has 2 rings (SSSR count). The Labute approximate surface area is 102 Å². The Morgan fingerprint density at radius 3 is 3.24 bits per heavy atom. The highest BCUT2D eigenvalue weighted by molar-refractivity contribution is 5.92. The highest BCUT2D eigenvalue weighted by Gasteiger charge is 2.15. The summed E-state index contributed by atoms with van der Waals surface area (Å²) in [5.74, 6) is 0.625. The van der Waals surface area contributed by atoms with E-state index in [-0.39, 0.29) is 5.91 Å². The SMILES string of the molecule is CCn1cccc1C(=O)NCC1CCCNC1. The van der Waals surface area contributed by atoms with Crippen molar-refractivity contribution in [3.05, 3.63) is 24.0 Å². The fraction of sp³-hybridized carbons (Fsp3) is 0.615. The molecule has 4 nitrogen and oxygen atoms in total. The van der Waals surface area contributed by atoms with Crippen LogP contribution in [0.25, 0.3) is 0 Å². The third-order valence-corrected chi connectivity index (χ3v) is 3.35. The molecule has 0 spiro atoms. The van der Waals surface area contributed by atoms with Gasteiger partial charge in [-0.05, 0) is 50.9 Å². The summed E-state index contributed by atoms with van der Waals surface area (Å²) in [5, 5.41) is 6.39. The second-order valence-electron chi connectivity index (χ2n) is 4.60. The van der Waals surface area contributed by atoms with Gasteiger partial charge >= 0.3 is 0 Å². The number of nitrogens with zero attached hydrogens (tertiary/aromatic N) is 1. The molecule has 1 fully saturated rings. The first-order valence-corrected chi connectivity index (χ1v) is 6.45. The van der Waals surface area contributed by atoms with Crippen LogP contribution in [0.4, 0.5) is 0 Å². The molecule has 0 radical (unpaired) electrons. The zero-order valence-corrected chi connectivity index (χ0v) is 10.4. The second kappa shape index (κ2) is 5.87. The highest BCUT2D eigenvalue weighted by atomic mass is 16.1. The molecule has 2 N–H and O–H groups in total. The van der Waals surface area contributed by atoms with Gasteiger partial charge in [0.05, 0.1) is 0 Å². The van der Waals surface area contributed by atoms with E-state index in [9.17, 15) is 4.79 Å². The smallest absolute Gasteiger partial charge is 0.267 e. The van der Waals surface area contributed by atoms with E-state index in [4.69, 9.17) is 0 Å². The van der Waals surface area contributed by atoms with Crippen LogP contribution in [0, 0.1) is 5.92 Å². The van der Waals surface area contributed by atoms with E-state index in [1.807, 2.05) is 29.8 Å². The Bertz CT molecular complexity index is 366. The van der Waals surface area contributed by atoms with Gasteiger partial charge in [0.15, 0.2) is 0 Å². The summed E-state index contributed by atoms with van der Waals surface area (Å²) in [6.07, 6.45) is 4.37. The molecule has 94 valence electrons. The minimum atomic E-state index is 0.0439. The van der Waals surface area contributed by atoms with Crippen molar-refractivity contribution in [2.24, 2.45) is 5.92 Å². The number of aryl methyl sites for hydroxylation is 1. The number of hydrogen-bond donors (Lipinski definition) is 2. The molecule has 0 bridgehead atoms. The van der Waals surface area contributed by atoms with Crippen molar-refractivity contribution in [2.45, 2.75) is 26.3 Å². The van der Waals surface area contributed by atoms with Crippen LogP contribution in [-0.2, 0) is 6.54 Å². The summed E-state index contributed by atoms with van der Waals surface area (Å²) in [4.78, 5) is 12.0. The van der Waals surface area contributed by atoms with E-state index in [0.717, 1.165) is 31.9 Å². The van der Waals surface area contributed by atoms with Crippen LogP contribution in [0.2, 0.25) is 0 Å². The number of amides is 1. The molecule has 0 aromatic carbocycles. The molecule has 1 aromatic heterocycles. The Kier molecular flexibility index (Phi) is 4.20. The van der Waals surface area contributed by atoms with E-state index >= 15 is 0 Å². The van der Waals surface area contributed by atoms with Crippen LogP contribution >= 0.6 is 0 Å². The Morgan fingerprint density at radius 2 is 2.53 bits per heavy atom. The fourth-order valence-electron chi connectivity index (χ4n) is 2.32. The fourth-order valence-corrected chi connectivity index (χ4v) is 2.32. The van der Waals surface area contributed by atoms with Crippen molar-refractivity contribution in [1.29, 1.82) is 0 Å². The van der Waals surface area contributed by atoms with E-state index in [1.165, 1.54) is 12.8 Å². The standard InChI is InChI=1S/C13H21N3O/c1-2-16-8-4-6-12(16)13(17)15-10-11-5-3-7-14-9-11/h4,6,8,11,14H,2-3,5,7,9-10H2,1H3,(H,15,17). The van der Waals surface area contributed by atoms with Gasteiger partial charge in [-0.3, -0.25) is 4.79 Å². The van der Waals surface area contributed by atoms with Gasteiger partial charge in [-0.15, -0.1) is 0 Å². The molecule has 1 amide bonds. The van der Waals surface area contributed by atoms with Crippen molar-refractivity contribution in [1.82, 2.24) is 15.2 Å². The Balaban J connectivity index is 1.84. The number of carbonyl (C=O) groups excluding carboxylic acids is 1. The van der Waals surface area contributed by atoms with Crippen LogP contribution in [0.5, 0.6) is 0 Å². The number of carbonyl (C=O) groups is 1. The zero-order chi connectivity index (χ0) is 12.1. The van der Waals surface area contributed by atoms with E-state index in [1.54, 1.807) is 0 Å². The molecule has 1 aliphatic rings. The van der Waals surface area contributed by atoms with Gasteiger partial charge in [0, 0.05) is 19.3 Å². The number of hydrogen-bond acceptors (Lipinski definition) is 2. The molecule has 4 heteroatoms. The minimum absolute atomic E-state index is 0.0439. The summed E-state index contributed by atoms with van der Waals surface area (Å²) in [7, 11) is 0. The van der Waals surface area contributed by atoms with E-state index in [0.29, 0.717) is 5.92 Å². The third-order valence-electron chi connectivity index (χ3n) is 3.35. The lowest BCUT2D eigenvalue weighted by atomic mass is 10.00. The van der Waals surface area contributed by atoms with Gasteiger partial charge in [-0.25, -0.2) is 0 Å². The molecule has 1 unspecified atom stereocenters. The highest BCUT2D eigenvalue weighted by Crippen LogP contribution is 2.09. The molecule has 1 aromatic rings. The predicted molar refractivity (Wildman–Crippen MR) is 68.0 cm³/mol. The van der Waals surface area contributed by atoms with Gasteiger partial charge in [0.2, 0.25) is 0 Å². The van der Waals surface area contributed by atoms with Gasteiger partial charge in [0.1, 0.15) is 5.69 Å².